The monoisotopic (exact) mass is 178 g/mol. The molecule has 1 rings (SSSR count). The minimum atomic E-state index is -0.420. The molecule has 0 saturated carbocycles. The van der Waals surface area contributed by atoms with Crippen molar-refractivity contribution in [3.05, 3.63) is 28.0 Å². The molecule has 12 heavy (non-hydrogen) atoms. The molecule has 0 radical (unpaired) electrons. The molecule has 4 N–H and O–H groups in total. The van der Waals surface area contributed by atoms with E-state index in [0.29, 0.717) is 0 Å². The van der Waals surface area contributed by atoms with Crippen molar-refractivity contribution in [3.63, 3.8) is 0 Å². The molecule has 0 aromatic carbocycles. The number of aromatic amines is 1. The van der Waals surface area contributed by atoms with Gasteiger partial charge in [-0.3, -0.25) is 9.78 Å². The number of aromatic hydroxyl groups is 1. The maximum atomic E-state index is 10.4. The summed E-state index contributed by atoms with van der Waals surface area (Å²) in [5.74, 6) is -0.380. The second kappa shape index (κ2) is 5.80. The van der Waals surface area contributed by atoms with E-state index in [2.05, 4.69) is 4.98 Å². The van der Waals surface area contributed by atoms with Crippen LogP contribution < -0.4 is 35.1 Å². The number of pyridine rings is 1. The predicted octanol–water partition coefficient (Wildman–Crippen LogP) is -3.76. The van der Waals surface area contributed by atoms with Crippen molar-refractivity contribution in [1.29, 1.82) is 5.26 Å². The summed E-state index contributed by atoms with van der Waals surface area (Å²) in [7, 11) is 0. The molecule has 0 unspecified atom stereocenters. The standard InChI is InChI=1S/C6H4N2O2.Na.H2O.H/c7-3-4-1-2-5(9)8-6(4)10;;;/h1-2H,(H2,8,9,10);;1H2;/q;+1;;-1. The van der Waals surface area contributed by atoms with Crippen LogP contribution >= 0.6 is 0 Å². The van der Waals surface area contributed by atoms with Crippen LogP contribution in [0.15, 0.2) is 16.9 Å². The zero-order valence-electron chi connectivity index (χ0n) is 7.46. The number of hydrogen-bond acceptors (Lipinski definition) is 3. The van der Waals surface area contributed by atoms with Crippen LogP contribution in [-0.2, 0) is 0 Å². The molecule has 0 amide bonds. The average molecular weight is 178 g/mol. The average Bonchev–Trinajstić information content (AvgIpc) is 1.88. The molecule has 0 spiro atoms. The quantitative estimate of drug-likeness (QED) is 0.398. The third-order valence-electron chi connectivity index (χ3n) is 1.02. The van der Waals surface area contributed by atoms with Crippen LogP contribution in [0.25, 0.3) is 0 Å². The van der Waals surface area contributed by atoms with Crippen LogP contribution in [0, 0.1) is 11.3 Å². The molecular weight excluding hydrogens is 171 g/mol. The van der Waals surface area contributed by atoms with E-state index in [9.17, 15) is 4.79 Å². The van der Waals surface area contributed by atoms with E-state index in [1.807, 2.05) is 0 Å². The van der Waals surface area contributed by atoms with Crippen molar-refractivity contribution in [2.45, 2.75) is 0 Å². The molecule has 1 heterocycles. The molecule has 0 atom stereocenters. The Morgan fingerprint density at radius 2 is 2.17 bits per heavy atom. The molecule has 1 aromatic heterocycles. The summed E-state index contributed by atoms with van der Waals surface area (Å²) in [5, 5.41) is 17.1. The van der Waals surface area contributed by atoms with Crippen molar-refractivity contribution >= 4 is 0 Å². The van der Waals surface area contributed by atoms with Gasteiger partial charge < -0.3 is 12.0 Å². The first-order valence-corrected chi connectivity index (χ1v) is 2.56. The zero-order chi connectivity index (χ0) is 7.56. The van der Waals surface area contributed by atoms with Gasteiger partial charge in [-0.2, -0.15) is 5.26 Å². The van der Waals surface area contributed by atoms with E-state index in [1.165, 1.54) is 12.1 Å². The van der Waals surface area contributed by atoms with Gasteiger partial charge in [0.25, 0.3) is 5.56 Å². The molecular formula is C6H7N2NaO3. The van der Waals surface area contributed by atoms with E-state index >= 15 is 0 Å². The number of aromatic nitrogens is 1. The fourth-order valence-corrected chi connectivity index (χ4v) is 0.554. The minimum Gasteiger partial charge on any atom is -1.00 e. The van der Waals surface area contributed by atoms with Crippen LogP contribution in [0.2, 0.25) is 0 Å². The van der Waals surface area contributed by atoms with E-state index < -0.39 is 5.56 Å². The summed E-state index contributed by atoms with van der Waals surface area (Å²) in [4.78, 5) is 12.5. The Morgan fingerprint density at radius 3 is 2.58 bits per heavy atom. The van der Waals surface area contributed by atoms with Crippen LogP contribution in [0.1, 0.15) is 6.99 Å². The van der Waals surface area contributed by atoms with E-state index in [1.54, 1.807) is 6.07 Å². The van der Waals surface area contributed by atoms with Crippen LogP contribution in [-0.4, -0.2) is 15.6 Å². The van der Waals surface area contributed by atoms with E-state index in [-0.39, 0.29) is 47.9 Å². The molecule has 0 saturated heterocycles. The summed E-state index contributed by atoms with van der Waals surface area (Å²) in [6, 6.07) is 4.14. The second-order valence-electron chi connectivity index (χ2n) is 1.70. The smallest absolute Gasteiger partial charge is 1.00 e. The number of rotatable bonds is 0. The Labute approximate surface area is 91.7 Å². The number of nitrogens with one attached hydrogen (secondary N) is 1. The summed E-state index contributed by atoms with van der Waals surface area (Å²) in [6.07, 6.45) is 0. The van der Waals surface area contributed by atoms with E-state index in [4.69, 9.17) is 10.4 Å². The fraction of sp³-hybridized carbons (Fsp3) is 0. The van der Waals surface area contributed by atoms with E-state index in [0.717, 1.165) is 0 Å². The third-order valence-corrected chi connectivity index (χ3v) is 1.02. The topological polar surface area (TPSA) is 108 Å². The summed E-state index contributed by atoms with van der Waals surface area (Å²) < 4.78 is 0. The van der Waals surface area contributed by atoms with Crippen molar-refractivity contribution in [2.75, 3.05) is 0 Å². The Hall–Kier alpha value is -0.800. The van der Waals surface area contributed by atoms with Gasteiger partial charge in [-0.05, 0) is 6.07 Å². The first-order valence-electron chi connectivity index (χ1n) is 2.56. The first kappa shape index (κ1) is 13.8. The summed E-state index contributed by atoms with van der Waals surface area (Å²) in [6.45, 7) is 0. The van der Waals surface area contributed by atoms with Gasteiger partial charge in [0.05, 0.1) is 0 Å². The SMILES string of the molecule is N#Cc1ccc(=O)[nH]c1O.O.[H-].[Na+]. The van der Waals surface area contributed by atoms with Crippen molar-refractivity contribution in [1.82, 2.24) is 4.98 Å². The predicted molar refractivity (Wildman–Crippen MR) is 38.2 cm³/mol. The molecule has 0 bridgehead atoms. The van der Waals surface area contributed by atoms with Gasteiger partial charge in [0, 0.05) is 6.07 Å². The van der Waals surface area contributed by atoms with Gasteiger partial charge in [0.1, 0.15) is 11.6 Å². The van der Waals surface area contributed by atoms with Gasteiger partial charge in [0.2, 0.25) is 5.88 Å². The normalized spacial score (nSPS) is 7.25. The Bertz CT molecular complexity index is 346. The van der Waals surface area contributed by atoms with Crippen molar-refractivity contribution < 1.29 is 41.6 Å². The Kier molecular flexibility index (Phi) is 6.65. The van der Waals surface area contributed by atoms with Gasteiger partial charge in [-0.25, -0.2) is 0 Å². The van der Waals surface area contributed by atoms with Crippen LogP contribution in [0.4, 0.5) is 0 Å². The van der Waals surface area contributed by atoms with Gasteiger partial charge in [-0.15, -0.1) is 0 Å². The molecule has 0 aliphatic carbocycles. The second-order valence-corrected chi connectivity index (χ2v) is 1.70. The fourth-order valence-electron chi connectivity index (χ4n) is 0.554. The Morgan fingerprint density at radius 1 is 1.58 bits per heavy atom. The number of nitriles is 1. The molecule has 0 aliphatic heterocycles. The molecule has 0 fully saturated rings. The first-order chi connectivity index (χ1) is 4.74. The zero-order valence-corrected chi connectivity index (χ0v) is 8.46. The largest absolute Gasteiger partial charge is 1.00 e. The van der Waals surface area contributed by atoms with Gasteiger partial charge in [-0.1, -0.05) is 0 Å². The molecule has 1 aromatic rings. The molecule has 5 nitrogen and oxygen atoms in total. The maximum absolute atomic E-state index is 10.4. The third kappa shape index (κ3) is 3.07. The molecule has 6 heteroatoms. The number of hydrogen-bond donors (Lipinski definition) is 2. The van der Waals surface area contributed by atoms with Crippen LogP contribution in [0.5, 0.6) is 5.88 Å². The van der Waals surface area contributed by atoms with Crippen molar-refractivity contribution in [2.24, 2.45) is 0 Å². The van der Waals surface area contributed by atoms with Crippen molar-refractivity contribution in [3.8, 4) is 11.9 Å². The molecule has 60 valence electrons. The summed E-state index contributed by atoms with van der Waals surface area (Å²) >= 11 is 0. The Balaban J connectivity index is -0.000000333. The molecule has 0 aliphatic rings. The number of H-pyrrole nitrogens is 1. The van der Waals surface area contributed by atoms with Gasteiger partial charge in [0.15, 0.2) is 0 Å². The van der Waals surface area contributed by atoms with Crippen LogP contribution in [0.3, 0.4) is 0 Å². The summed E-state index contributed by atoms with van der Waals surface area (Å²) in [5.41, 5.74) is -0.351. The minimum absolute atomic E-state index is 0. The van der Waals surface area contributed by atoms with Gasteiger partial charge >= 0.3 is 29.6 Å². The number of nitrogens with zero attached hydrogens (tertiary/aromatic N) is 1. The maximum Gasteiger partial charge on any atom is 1.00 e.